The van der Waals surface area contributed by atoms with Gasteiger partial charge in [0.25, 0.3) is 0 Å². The Morgan fingerprint density at radius 3 is 2.76 bits per heavy atom. The fourth-order valence-corrected chi connectivity index (χ4v) is 2.93. The highest BCUT2D eigenvalue weighted by Gasteiger charge is 2.28. The Bertz CT molecular complexity index is 514. The van der Waals surface area contributed by atoms with Crippen LogP contribution in [0.5, 0.6) is 0 Å². The first-order valence-corrected chi connectivity index (χ1v) is 7.31. The molecule has 94 valence electrons. The lowest BCUT2D eigenvalue weighted by atomic mass is 10.4. The minimum Gasteiger partial charge on any atom is -0.369 e. The van der Waals surface area contributed by atoms with Gasteiger partial charge in [-0.25, -0.2) is 18.1 Å². The highest BCUT2D eigenvalue weighted by Crippen LogP contribution is 2.25. The molecule has 0 atom stereocenters. The number of nitrogens with zero attached hydrogens (tertiary/aromatic N) is 1. The largest absolute Gasteiger partial charge is 0.369 e. The van der Waals surface area contributed by atoms with Gasteiger partial charge in [0.1, 0.15) is 10.7 Å². The summed E-state index contributed by atoms with van der Waals surface area (Å²) in [6.45, 7) is 2.59. The molecule has 2 N–H and O–H groups in total. The number of hydrogen-bond acceptors (Lipinski definition) is 4. The highest BCUT2D eigenvalue weighted by atomic mass is 35.5. The normalized spacial score (nSPS) is 15.9. The Morgan fingerprint density at radius 1 is 1.53 bits per heavy atom. The summed E-state index contributed by atoms with van der Waals surface area (Å²) in [5.41, 5.74) is 0. The molecule has 5 nitrogen and oxygen atoms in total. The van der Waals surface area contributed by atoms with Crippen molar-refractivity contribution in [3.63, 3.8) is 0 Å². The van der Waals surface area contributed by atoms with Gasteiger partial charge in [-0.15, -0.1) is 0 Å². The molecule has 1 heterocycles. The Morgan fingerprint density at radius 2 is 2.24 bits per heavy atom. The van der Waals surface area contributed by atoms with Crippen molar-refractivity contribution in [3.8, 4) is 0 Å². The van der Waals surface area contributed by atoms with Crippen LogP contribution in [0.1, 0.15) is 19.8 Å². The monoisotopic (exact) mass is 275 g/mol. The highest BCUT2D eigenvalue weighted by molar-refractivity contribution is 7.89. The molecule has 2 rings (SSSR count). The van der Waals surface area contributed by atoms with Crippen LogP contribution in [0.25, 0.3) is 0 Å². The fourth-order valence-electron chi connectivity index (χ4n) is 1.35. The number of aromatic nitrogens is 1. The molecule has 7 heteroatoms. The summed E-state index contributed by atoms with van der Waals surface area (Å²) in [5, 5.41) is 3.26. The predicted molar refractivity (Wildman–Crippen MR) is 66.8 cm³/mol. The van der Waals surface area contributed by atoms with E-state index in [-0.39, 0.29) is 10.9 Å². The molecule has 1 aliphatic rings. The molecule has 0 aromatic carbocycles. The number of rotatable bonds is 5. The minimum atomic E-state index is -3.48. The minimum absolute atomic E-state index is 0.0761. The molecule has 1 aromatic heterocycles. The van der Waals surface area contributed by atoms with Crippen LogP contribution in [0.3, 0.4) is 0 Å². The Labute approximate surface area is 106 Å². The molecule has 0 aliphatic heterocycles. The predicted octanol–water partition coefficient (Wildman–Crippen LogP) is 1.61. The number of halogens is 1. The van der Waals surface area contributed by atoms with E-state index in [4.69, 9.17) is 11.6 Å². The number of hydrogen-bond donors (Lipinski definition) is 2. The SMILES string of the molecule is CCNc1ncc(S(=O)(=O)NC2CC2)cc1Cl. The van der Waals surface area contributed by atoms with E-state index in [0.29, 0.717) is 17.4 Å². The second-order valence-corrected chi connectivity index (χ2v) is 6.05. The van der Waals surface area contributed by atoms with Crippen molar-refractivity contribution in [1.82, 2.24) is 9.71 Å². The first-order chi connectivity index (χ1) is 8.03. The second kappa shape index (κ2) is 4.80. The lowest BCUT2D eigenvalue weighted by Gasteiger charge is -2.08. The van der Waals surface area contributed by atoms with Crippen LogP contribution in [-0.2, 0) is 10.0 Å². The van der Waals surface area contributed by atoms with E-state index in [1.807, 2.05) is 6.92 Å². The van der Waals surface area contributed by atoms with Gasteiger partial charge in [0.15, 0.2) is 0 Å². The van der Waals surface area contributed by atoms with Crippen LogP contribution >= 0.6 is 11.6 Å². The average molecular weight is 276 g/mol. The quantitative estimate of drug-likeness (QED) is 0.856. The van der Waals surface area contributed by atoms with E-state index in [1.54, 1.807) is 0 Å². The number of sulfonamides is 1. The van der Waals surface area contributed by atoms with Crippen LogP contribution in [0.15, 0.2) is 17.2 Å². The lowest BCUT2D eigenvalue weighted by molar-refractivity contribution is 0.580. The summed E-state index contributed by atoms with van der Waals surface area (Å²) in [6.07, 6.45) is 3.11. The Hall–Kier alpha value is -0.850. The zero-order valence-corrected chi connectivity index (χ0v) is 11.0. The van der Waals surface area contributed by atoms with E-state index < -0.39 is 10.0 Å². The molecule has 1 fully saturated rings. The first kappa shape index (κ1) is 12.6. The van der Waals surface area contributed by atoms with Gasteiger partial charge in [0.05, 0.1) is 5.02 Å². The van der Waals surface area contributed by atoms with Gasteiger partial charge < -0.3 is 5.32 Å². The third kappa shape index (κ3) is 3.08. The average Bonchev–Trinajstić information content (AvgIpc) is 3.04. The molecule has 1 aromatic rings. The molecule has 0 bridgehead atoms. The van der Waals surface area contributed by atoms with Crippen LogP contribution in [0.2, 0.25) is 5.02 Å². The summed E-state index contributed by atoms with van der Waals surface area (Å²) in [6, 6.07) is 1.49. The molecule has 0 saturated heterocycles. The van der Waals surface area contributed by atoms with Crippen molar-refractivity contribution in [3.05, 3.63) is 17.3 Å². The molecular formula is C10H14ClN3O2S. The molecule has 1 aliphatic carbocycles. The van der Waals surface area contributed by atoms with E-state index in [9.17, 15) is 8.42 Å². The smallest absolute Gasteiger partial charge is 0.242 e. The first-order valence-electron chi connectivity index (χ1n) is 5.44. The van der Waals surface area contributed by atoms with Gasteiger partial charge in [-0.05, 0) is 25.8 Å². The van der Waals surface area contributed by atoms with Gasteiger partial charge in [0.2, 0.25) is 10.0 Å². The number of nitrogens with one attached hydrogen (secondary N) is 2. The maximum absolute atomic E-state index is 11.9. The third-order valence-corrected chi connectivity index (χ3v) is 4.15. The van der Waals surface area contributed by atoms with E-state index in [0.717, 1.165) is 12.8 Å². The standard InChI is InChI=1S/C10H14ClN3O2S/c1-2-12-10-9(11)5-8(6-13-10)17(15,16)14-7-3-4-7/h5-7,14H,2-4H2,1H3,(H,12,13). The zero-order valence-electron chi connectivity index (χ0n) is 9.40. The van der Waals surface area contributed by atoms with Crippen LogP contribution in [-0.4, -0.2) is 26.0 Å². The van der Waals surface area contributed by atoms with E-state index >= 15 is 0 Å². The Kier molecular flexibility index (Phi) is 3.56. The van der Waals surface area contributed by atoms with Gasteiger partial charge in [0, 0.05) is 18.8 Å². The van der Waals surface area contributed by atoms with Gasteiger partial charge >= 0.3 is 0 Å². The Balaban J connectivity index is 2.23. The number of pyridine rings is 1. The molecule has 0 amide bonds. The molecule has 0 spiro atoms. The molecule has 1 saturated carbocycles. The number of anilines is 1. The second-order valence-electron chi connectivity index (χ2n) is 3.93. The maximum Gasteiger partial charge on any atom is 0.242 e. The van der Waals surface area contributed by atoms with Gasteiger partial charge in [-0.1, -0.05) is 11.6 Å². The van der Waals surface area contributed by atoms with Crippen LogP contribution < -0.4 is 10.0 Å². The summed E-state index contributed by atoms with van der Waals surface area (Å²) in [7, 11) is -3.48. The van der Waals surface area contributed by atoms with Crippen molar-refractivity contribution < 1.29 is 8.42 Å². The molecule has 17 heavy (non-hydrogen) atoms. The van der Waals surface area contributed by atoms with Gasteiger partial charge in [-0.2, -0.15) is 0 Å². The maximum atomic E-state index is 11.9. The molecule has 0 radical (unpaired) electrons. The van der Waals surface area contributed by atoms with E-state index in [2.05, 4.69) is 15.0 Å². The summed E-state index contributed by atoms with van der Waals surface area (Å²) < 4.78 is 26.3. The zero-order chi connectivity index (χ0) is 12.5. The van der Waals surface area contributed by atoms with Crippen molar-refractivity contribution >= 4 is 27.4 Å². The van der Waals surface area contributed by atoms with Crippen molar-refractivity contribution in [1.29, 1.82) is 0 Å². The van der Waals surface area contributed by atoms with Crippen molar-refractivity contribution in [2.75, 3.05) is 11.9 Å². The molecule has 0 unspecified atom stereocenters. The third-order valence-electron chi connectivity index (χ3n) is 2.37. The van der Waals surface area contributed by atoms with Crippen molar-refractivity contribution in [2.45, 2.75) is 30.7 Å². The van der Waals surface area contributed by atoms with Gasteiger partial charge in [-0.3, -0.25) is 0 Å². The summed E-state index contributed by atoms with van der Waals surface area (Å²) in [5.74, 6) is 0.500. The van der Waals surface area contributed by atoms with Crippen LogP contribution in [0.4, 0.5) is 5.82 Å². The fraction of sp³-hybridized carbons (Fsp3) is 0.500. The molecular weight excluding hydrogens is 262 g/mol. The van der Waals surface area contributed by atoms with Crippen LogP contribution in [0, 0.1) is 0 Å². The van der Waals surface area contributed by atoms with Crippen molar-refractivity contribution in [2.24, 2.45) is 0 Å². The summed E-state index contributed by atoms with van der Waals surface area (Å²) >= 11 is 5.95. The van der Waals surface area contributed by atoms with E-state index in [1.165, 1.54) is 12.3 Å². The topological polar surface area (TPSA) is 71.1 Å². The summed E-state index contributed by atoms with van der Waals surface area (Å²) in [4.78, 5) is 4.11. The lowest BCUT2D eigenvalue weighted by Crippen LogP contribution is -2.25.